The lowest BCUT2D eigenvalue weighted by atomic mass is 9.99. The van der Waals surface area contributed by atoms with E-state index in [0.29, 0.717) is 30.0 Å². The van der Waals surface area contributed by atoms with Crippen molar-refractivity contribution in [2.24, 2.45) is 5.92 Å². The van der Waals surface area contributed by atoms with Crippen LogP contribution in [0.15, 0.2) is 35.8 Å². The Morgan fingerprint density at radius 2 is 2.25 bits per heavy atom. The van der Waals surface area contributed by atoms with Crippen LogP contribution in [0.25, 0.3) is 0 Å². The molecule has 0 radical (unpaired) electrons. The molecule has 2 heterocycles. The van der Waals surface area contributed by atoms with Crippen molar-refractivity contribution in [3.05, 3.63) is 41.7 Å². The Balaban J connectivity index is 1.43. The first kappa shape index (κ1) is 16.9. The van der Waals surface area contributed by atoms with E-state index >= 15 is 0 Å². The maximum atomic E-state index is 12.9. The molecule has 2 aromatic rings. The van der Waals surface area contributed by atoms with Crippen molar-refractivity contribution in [3.8, 4) is 5.75 Å². The molecule has 1 aliphatic rings. The molecule has 1 aromatic heterocycles. The van der Waals surface area contributed by atoms with Crippen molar-refractivity contribution in [2.75, 3.05) is 31.6 Å². The predicted octanol–water partition coefficient (Wildman–Crippen LogP) is 3.01. The number of anilines is 1. The molecule has 5 nitrogen and oxygen atoms in total. The Labute approximate surface area is 144 Å². The number of nitrogens with one attached hydrogen (secondary N) is 1. The molecule has 1 N–H and O–H groups in total. The second-order valence-corrected chi connectivity index (χ2v) is 6.79. The largest absolute Gasteiger partial charge is 0.493 e. The van der Waals surface area contributed by atoms with E-state index in [0.717, 1.165) is 25.9 Å². The van der Waals surface area contributed by atoms with Gasteiger partial charge < -0.3 is 10.1 Å². The Morgan fingerprint density at radius 1 is 1.42 bits per heavy atom. The minimum Gasteiger partial charge on any atom is -0.493 e. The van der Waals surface area contributed by atoms with Gasteiger partial charge in [0, 0.05) is 24.0 Å². The van der Waals surface area contributed by atoms with Crippen LogP contribution in [0.4, 0.5) is 9.52 Å². The first-order chi connectivity index (χ1) is 11.7. The number of rotatable bonds is 6. The first-order valence-electron chi connectivity index (χ1n) is 7.99. The van der Waals surface area contributed by atoms with Crippen molar-refractivity contribution >= 4 is 22.4 Å². The maximum Gasteiger partial charge on any atom is 0.240 e. The van der Waals surface area contributed by atoms with Crippen molar-refractivity contribution in [1.82, 2.24) is 9.88 Å². The van der Waals surface area contributed by atoms with Crippen LogP contribution in [0.3, 0.4) is 0 Å². The second kappa shape index (κ2) is 8.21. The fourth-order valence-electron chi connectivity index (χ4n) is 2.82. The zero-order chi connectivity index (χ0) is 16.8. The number of nitrogens with zero attached hydrogens (tertiary/aromatic N) is 2. The number of amides is 1. The van der Waals surface area contributed by atoms with Gasteiger partial charge in [0.25, 0.3) is 0 Å². The molecule has 1 amide bonds. The van der Waals surface area contributed by atoms with E-state index in [4.69, 9.17) is 4.74 Å². The summed E-state index contributed by atoms with van der Waals surface area (Å²) in [6.45, 7) is 2.69. The van der Waals surface area contributed by atoms with E-state index in [9.17, 15) is 9.18 Å². The summed E-state index contributed by atoms with van der Waals surface area (Å²) in [5, 5.41) is 5.27. The van der Waals surface area contributed by atoms with Gasteiger partial charge in [0.05, 0.1) is 13.2 Å². The van der Waals surface area contributed by atoms with E-state index in [-0.39, 0.29) is 11.7 Å². The number of thiazole rings is 1. The summed E-state index contributed by atoms with van der Waals surface area (Å²) in [7, 11) is 0. The lowest BCUT2D eigenvalue weighted by molar-refractivity contribution is -0.117. The van der Waals surface area contributed by atoms with Crippen molar-refractivity contribution in [2.45, 2.75) is 12.8 Å². The van der Waals surface area contributed by atoms with Crippen LogP contribution in [-0.4, -0.2) is 42.0 Å². The topological polar surface area (TPSA) is 54.5 Å². The molecule has 0 unspecified atom stereocenters. The van der Waals surface area contributed by atoms with Gasteiger partial charge in [-0.1, -0.05) is 0 Å². The van der Waals surface area contributed by atoms with E-state index < -0.39 is 0 Å². The number of hydrogen-bond donors (Lipinski definition) is 1. The Morgan fingerprint density at radius 3 is 3.00 bits per heavy atom. The van der Waals surface area contributed by atoms with E-state index in [1.807, 2.05) is 5.38 Å². The normalized spacial score (nSPS) is 18.3. The summed E-state index contributed by atoms with van der Waals surface area (Å²) in [6.07, 6.45) is 3.79. The molecule has 24 heavy (non-hydrogen) atoms. The Hall–Kier alpha value is -1.99. The molecule has 1 atom stereocenters. The third-order valence-electron chi connectivity index (χ3n) is 3.95. The zero-order valence-electron chi connectivity index (χ0n) is 13.3. The van der Waals surface area contributed by atoms with Crippen LogP contribution in [0.2, 0.25) is 0 Å². The van der Waals surface area contributed by atoms with Gasteiger partial charge in [-0.2, -0.15) is 0 Å². The fraction of sp³-hybridized carbons (Fsp3) is 0.412. The number of likely N-dealkylation sites (tertiary alicyclic amines) is 1. The van der Waals surface area contributed by atoms with Crippen molar-refractivity contribution in [1.29, 1.82) is 0 Å². The number of aromatic nitrogens is 1. The van der Waals surface area contributed by atoms with Gasteiger partial charge in [-0.25, -0.2) is 9.37 Å². The molecule has 1 aromatic carbocycles. The highest BCUT2D eigenvalue weighted by Crippen LogP contribution is 2.19. The molecule has 1 fully saturated rings. The van der Waals surface area contributed by atoms with Gasteiger partial charge in [-0.3, -0.25) is 9.69 Å². The molecule has 0 spiro atoms. The highest BCUT2D eigenvalue weighted by molar-refractivity contribution is 7.13. The molecule has 128 valence electrons. The van der Waals surface area contributed by atoms with Crippen LogP contribution in [0, 0.1) is 11.7 Å². The molecular weight excluding hydrogens is 329 g/mol. The molecule has 0 aliphatic carbocycles. The van der Waals surface area contributed by atoms with Crippen LogP contribution >= 0.6 is 11.3 Å². The van der Waals surface area contributed by atoms with Crippen molar-refractivity contribution < 1.29 is 13.9 Å². The molecule has 1 saturated heterocycles. The third-order valence-corrected chi connectivity index (χ3v) is 4.64. The van der Waals surface area contributed by atoms with Gasteiger partial charge in [0.15, 0.2) is 5.13 Å². The summed E-state index contributed by atoms with van der Waals surface area (Å²) in [5.41, 5.74) is 0. The number of halogens is 1. The summed E-state index contributed by atoms with van der Waals surface area (Å²) in [6, 6.07) is 6.06. The lowest BCUT2D eigenvalue weighted by Crippen LogP contribution is -2.42. The molecular formula is C17H20FN3O2S. The molecule has 7 heteroatoms. The summed E-state index contributed by atoms with van der Waals surface area (Å²) in [5.74, 6) is 0.744. The lowest BCUT2D eigenvalue weighted by Gasteiger charge is -2.31. The third kappa shape index (κ3) is 5.01. The fourth-order valence-corrected chi connectivity index (χ4v) is 3.37. The number of hydrogen-bond acceptors (Lipinski definition) is 5. The van der Waals surface area contributed by atoms with E-state index in [1.54, 1.807) is 18.3 Å². The molecule has 3 rings (SSSR count). The van der Waals surface area contributed by atoms with Crippen LogP contribution in [0.5, 0.6) is 5.75 Å². The average Bonchev–Trinajstić information content (AvgIpc) is 3.07. The smallest absolute Gasteiger partial charge is 0.240 e. The quantitative estimate of drug-likeness (QED) is 0.871. The van der Waals surface area contributed by atoms with E-state index in [1.165, 1.54) is 23.5 Å². The van der Waals surface area contributed by atoms with Gasteiger partial charge in [-0.05, 0) is 43.7 Å². The summed E-state index contributed by atoms with van der Waals surface area (Å²) >= 11 is 1.41. The maximum absolute atomic E-state index is 12.9. The summed E-state index contributed by atoms with van der Waals surface area (Å²) in [4.78, 5) is 18.2. The van der Waals surface area contributed by atoms with Crippen LogP contribution < -0.4 is 10.1 Å². The highest BCUT2D eigenvalue weighted by Gasteiger charge is 2.22. The molecule has 0 bridgehead atoms. The average molecular weight is 349 g/mol. The first-order valence-corrected chi connectivity index (χ1v) is 8.87. The standard InChI is InChI=1S/C17H20FN3O2S/c18-14-3-5-15(6-4-14)23-12-13-2-1-8-21(10-13)11-16(22)20-17-19-7-9-24-17/h3-7,9,13H,1-2,8,10-12H2,(H,19,20,22)/t13-/m1/s1. The Kier molecular flexibility index (Phi) is 5.77. The Bertz CT molecular complexity index is 648. The van der Waals surface area contributed by atoms with Crippen LogP contribution in [0.1, 0.15) is 12.8 Å². The van der Waals surface area contributed by atoms with Crippen LogP contribution in [-0.2, 0) is 4.79 Å². The van der Waals surface area contributed by atoms with Gasteiger partial charge in [-0.15, -0.1) is 11.3 Å². The molecule has 0 saturated carbocycles. The minimum absolute atomic E-state index is 0.0370. The number of piperidine rings is 1. The number of carbonyl (C=O) groups is 1. The number of benzene rings is 1. The zero-order valence-corrected chi connectivity index (χ0v) is 14.1. The van der Waals surface area contributed by atoms with Crippen molar-refractivity contribution in [3.63, 3.8) is 0 Å². The molecule has 1 aliphatic heterocycles. The van der Waals surface area contributed by atoms with Gasteiger partial charge in [0.2, 0.25) is 5.91 Å². The minimum atomic E-state index is -0.266. The number of carbonyl (C=O) groups excluding carboxylic acids is 1. The van der Waals surface area contributed by atoms with Gasteiger partial charge in [0.1, 0.15) is 11.6 Å². The second-order valence-electron chi connectivity index (χ2n) is 5.89. The monoisotopic (exact) mass is 349 g/mol. The summed E-state index contributed by atoms with van der Waals surface area (Å²) < 4.78 is 18.6. The van der Waals surface area contributed by atoms with Gasteiger partial charge >= 0.3 is 0 Å². The predicted molar refractivity (Wildman–Crippen MR) is 91.8 cm³/mol. The van der Waals surface area contributed by atoms with E-state index in [2.05, 4.69) is 15.2 Å². The SMILES string of the molecule is O=C(CN1CCC[C@@H](COc2ccc(F)cc2)C1)Nc1nccs1. The highest BCUT2D eigenvalue weighted by atomic mass is 32.1. The number of ether oxygens (including phenoxy) is 1.